The van der Waals surface area contributed by atoms with E-state index in [0.29, 0.717) is 0 Å². The molecule has 0 atom stereocenters. The van der Waals surface area contributed by atoms with Crippen LogP contribution in [0.3, 0.4) is 0 Å². The minimum absolute atomic E-state index is 0.0200. The summed E-state index contributed by atoms with van der Waals surface area (Å²) in [6.07, 6.45) is 0.0200. The average Bonchev–Trinajstić information content (AvgIpc) is 2.35. The van der Waals surface area contributed by atoms with Crippen molar-refractivity contribution in [3.8, 4) is 0 Å². The van der Waals surface area contributed by atoms with Gasteiger partial charge < -0.3 is 10.1 Å². The lowest BCUT2D eigenvalue weighted by atomic mass is 10.1. The van der Waals surface area contributed by atoms with Crippen LogP contribution in [0.15, 0.2) is 17.0 Å². The Morgan fingerprint density at radius 1 is 1.43 bits per heavy atom. The maximum Gasteiger partial charge on any atom is 0.254 e. The van der Waals surface area contributed by atoms with Gasteiger partial charge in [0.15, 0.2) is 0 Å². The van der Waals surface area contributed by atoms with Crippen molar-refractivity contribution in [2.45, 2.75) is 31.8 Å². The van der Waals surface area contributed by atoms with Gasteiger partial charge in [-0.3, -0.25) is 4.79 Å². The van der Waals surface area contributed by atoms with Crippen LogP contribution < -0.4 is 10.5 Å². The molecule has 0 aromatic heterocycles. The molecule has 0 unspecified atom stereocenters. The number of carbonyl (C=O) groups is 1. The van der Waals surface area contributed by atoms with E-state index in [4.69, 9.17) is 9.88 Å². The first-order valence-corrected chi connectivity index (χ1v) is 7.90. The fourth-order valence-electron chi connectivity index (χ4n) is 1.62. The minimum atomic E-state index is -4.01. The van der Waals surface area contributed by atoms with Crippen molar-refractivity contribution in [2.24, 2.45) is 5.14 Å². The maximum absolute atomic E-state index is 13.9. The van der Waals surface area contributed by atoms with Gasteiger partial charge in [0.05, 0.1) is 23.2 Å². The van der Waals surface area contributed by atoms with E-state index < -0.39 is 21.7 Å². The van der Waals surface area contributed by atoms with Crippen molar-refractivity contribution in [3.63, 3.8) is 0 Å². The number of carbonyl (C=O) groups excluding carboxylic acids is 1. The van der Waals surface area contributed by atoms with Gasteiger partial charge in [-0.25, -0.2) is 17.9 Å². The molecule has 0 aliphatic carbocycles. The summed E-state index contributed by atoms with van der Waals surface area (Å²) in [5.74, 6) is -1.49. The van der Waals surface area contributed by atoms with Gasteiger partial charge in [-0.15, -0.1) is 0 Å². The molecular weight excluding hydrogens is 299 g/mol. The molecule has 118 valence electrons. The normalized spacial score (nSPS) is 11.7. The number of sulfonamides is 1. The third-order valence-electron chi connectivity index (χ3n) is 2.64. The number of rotatable bonds is 6. The van der Waals surface area contributed by atoms with E-state index in [0.717, 1.165) is 12.1 Å². The highest BCUT2D eigenvalue weighted by molar-refractivity contribution is 7.89. The van der Waals surface area contributed by atoms with Gasteiger partial charge in [0.25, 0.3) is 5.91 Å². The second-order valence-electron chi connectivity index (χ2n) is 4.82. The Kier molecular flexibility index (Phi) is 5.82. The average molecular weight is 318 g/mol. The van der Waals surface area contributed by atoms with Gasteiger partial charge in [0.1, 0.15) is 5.82 Å². The summed E-state index contributed by atoms with van der Waals surface area (Å²) >= 11 is 0. The number of aryl methyl sites for hydroxylation is 1. The first-order valence-electron chi connectivity index (χ1n) is 6.35. The summed E-state index contributed by atoms with van der Waals surface area (Å²) in [4.78, 5) is 11.6. The quantitative estimate of drug-likeness (QED) is 0.762. The Balaban J connectivity index is 2.91. The van der Waals surface area contributed by atoms with Crippen LogP contribution in [0.4, 0.5) is 4.39 Å². The highest BCUT2D eigenvalue weighted by Crippen LogP contribution is 2.18. The number of nitrogens with one attached hydrogen (secondary N) is 1. The van der Waals surface area contributed by atoms with Gasteiger partial charge in [-0.1, -0.05) is 0 Å². The van der Waals surface area contributed by atoms with Crippen LogP contribution in [0.5, 0.6) is 0 Å². The van der Waals surface area contributed by atoms with Crippen molar-refractivity contribution >= 4 is 15.9 Å². The molecular formula is C13H19FN2O4S. The maximum atomic E-state index is 13.9. The first kappa shape index (κ1) is 17.5. The Bertz CT molecular complexity index is 629. The van der Waals surface area contributed by atoms with Crippen LogP contribution in [-0.4, -0.2) is 33.6 Å². The van der Waals surface area contributed by atoms with Gasteiger partial charge in [0, 0.05) is 6.54 Å². The van der Waals surface area contributed by atoms with E-state index in [1.54, 1.807) is 0 Å². The molecule has 0 fully saturated rings. The van der Waals surface area contributed by atoms with Crippen LogP contribution in [0.2, 0.25) is 0 Å². The number of benzene rings is 1. The third-order valence-corrected chi connectivity index (χ3v) is 3.53. The van der Waals surface area contributed by atoms with Crippen molar-refractivity contribution in [3.05, 3.63) is 29.1 Å². The van der Waals surface area contributed by atoms with Crippen LogP contribution >= 0.6 is 0 Å². The molecule has 0 bridgehead atoms. The van der Waals surface area contributed by atoms with E-state index in [9.17, 15) is 17.6 Å². The van der Waals surface area contributed by atoms with E-state index in [2.05, 4.69) is 5.32 Å². The molecule has 21 heavy (non-hydrogen) atoms. The van der Waals surface area contributed by atoms with Crippen LogP contribution in [-0.2, 0) is 14.8 Å². The third kappa shape index (κ3) is 5.07. The Morgan fingerprint density at radius 2 is 2.05 bits per heavy atom. The summed E-state index contributed by atoms with van der Waals surface area (Å²) in [5.41, 5.74) is -0.325. The second-order valence-corrected chi connectivity index (χ2v) is 6.38. The van der Waals surface area contributed by atoms with Crippen molar-refractivity contribution < 1.29 is 22.3 Å². The van der Waals surface area contributed by atoms with Crippen molar-refractivity contribution in [2.75, 3.05) is 13.2 Å². The van der Waals surface area contributed by atoms with Crippen LogP contribution in [0.25, 0.3) is 0 Å². The standard InChI is InChI=1S/C13H19FN2O4S/c1-8(2)20-5-4-16-13(17)11-7-10(21(15,18)19)6-9(3)12(11)14/h6-8H,4-5H2,1-3H3,(H,16,17)(H2,15,18,19). The largest absolute Gasteiger partial charge is 0.377 e. The molecule has 0 aliphatic heterocycles. The van der Waals surface area contributed by atoms with E-state index in [1.165, 1.54) is 6.92 Å². The van der Waals surface area contributed by atoms with Gasteiger partial charge >= 0.3 is 0 Å². The van der Waals surface area contributed by atoms with Gasteiger partial charge in [-0.2, -0.15) is 0 Å². The van der Waals surface area contributed by atoms with Gasteiger partial charge in [0.2, 0.25) is 10.0 Å². The lowest BCUT2D eigenvalue weighted by Gasteiger charge is -2.11. The highest BCUT2D eigenvalue weighted by Gasteiger charge is 2.19. The predicted molar refractivity (Wildman–Crippen MR) is 75.9 cm³/mol. The predicted octanol–water partition coefficient (Wildman–Crippen LogP) is 0.936. The topological polar surface area (TPSA) is 98.5 Å². The molecule has 0 heterocycles. The zero-order valence-electron chi connectivity index (χ0n) is 12.1. The second kappa shape index (κ2) is 6.97. The van der Waals surface area contributed by atoms with Crippen LogP contribution in [0, 0.1) is 12.7 Å². The number of amides is 1. The molecule has 0 saturated heterocycles. The summed E-state index contributed by atoms with van der Waals surface area (Å²) in [6.45, 7) is 5.53. The molecule has 1 amide bonds. The summed E-state index contributed by atoms with van der Waals surface area (Å²) in [5, 5.41) is 7.46. The first-order chi connectivity index (χ1) is 9.62. The number of nitrogens with two attached hydrogens (primary N) is 1. The summed E-state index contributed by atoms with van der Waals surface area (Å²) < 4.78 is 41.8. The number of ether oxygens (including phenoxy) is 1. The summed E-state index contributed by atoms with van der Waals surface area (Å²) in [6, 6.07) is 2.01. The molecule has 3 N–H and O–H groups in total. The zero-order valence-corrected chi connectivity index (χ0v) is 13.0. The molecule has 6 nitrogen and oxygen atoms in total. The van der Waals surface area contributed by atoms with E-state index in [1.807, 2.05) is 13.8 Å². The van der Waals surface area contributed by atoms with Crippen molar-refractivity contribution in [1.29, 1.82) is 0 Å². The molecule has 0 saturated carbocycles. The number of halogens is 1. The number of primary sulfonamides is 1. The summed E-state index contributed by atoms with van der Waals surface area (Å²) in [7, 11) is -4.01. The fourth-order valence-corrected chi connectivity index (χ4v) is 2.24. The molecule has 0 aliphatic rings. The van der Waals surface area contributed by atoms with E-state index >= 15 is 0 Å². The molecule has 1 aromatic rings. The molecule has 8 heteroatoms. The molecule has 0 spiro atoms. The Morgan fingerprint density at radius 3 is 2.57 bits per heavy atom. The number of hydrogen-bond donors (Lipinski definition) is 2. The Labute approximate surface area is 123 Å². The molecule has 1 aromatic carbocycles. The molecule has 0 radical (unpaired) electrons. The lowest BCUT2D eigenvalue weighted by molar-refractivity contribution is 0.0745. The smallest absolute Gasteiger partial charge is 0.254 e. The minimum Gasteiger partial charge on any atom is -0.377 e. The Hall–Kier alpha value is -1.51. The van der Waals surface area contributed by atoms with Crippen molar-refractivity contribution in [1.82, 2.24) is 5.32 Å². The van der Waals surface area contributed by atoms with Gasteiger partial charge in [-0.05, 0) is 38.5 Å². The fraction of sp³-hybridized carbons (Fsp3) is 0.462. The highest BCUT2D eigenvalue weighted by atomic mass is 32.2. The molecule has 1 rings (SSSR count). The lowest BCUT2D eigenvalue weighted by Crippen LogP contribution is -2.29. The number of hydrogen-bond acceptors (Lipinski definition) is 4. The SMILES string of the molecule is Cc1cc(S(N)(=O)=O)cc(C(=O)NCCOC(C)C)c1F. The van der Waals surface area contributed by atoms with E-state index in [-0.39, 0.29) is 35.3 Å². The van der Waals surface area contributed by atoms with Crippen LogP contribution in [0.1, 0.15) is 29.8 Å². The monoisotopic (exact) mass is 318 g/mol. The zero-order chi connectivity index (χ0) is 16.2.